The lowest BCUT2D eigenvalue weighted by molar-refractivity contribution is -0.136. The Labute approximate surface area is 148 Å². The van der Waals surface area contributed by atoms with E-state index in [1.165, 1.54) is 30.6 Å². The van der Waals surface area contributed by atoms with E-state index in [1.807, 2.05) is 0 Å². The summed E-state index contributed by atoms with van der Waals surface area (Å²) in [5.41, 5.74) is 0.268. The van der Waals surface area contributed by atoms with Crippen molar-refractivity contribution in [3.8, 4) is 0 Å². The van der Waals surface area contributed by atoms with Crippen LogP contribution in [0.5, 0.6) is 0 Å². The van der Waals surface area contributed by atoms with E-state index in [0.717, 1.165) is 18.7 Å². The van der Waals surface area contributed by atoms with Crippen LogP contribution in [0.2, 0.25) is 0 Å². The maximum atomic E-state index is 13.7. The van der Waals surface area contributed by atoms with Gasteiger partial charge in [-0.15, -0.1) is 0 Å². The second-order valence-electron chi connectivity index (χ2n) is 6.62. The van der Waals surface area contributed by atoms with Crippen molar-refractivity contribution in [3.05, 3.63) is 53.6 Å². The quantitative estimate of drug-likeness (QED) is 0.821. The fourth-order valence-corrected chi connectivity index (χ4v) is 2.92. The Hall–Kier alpha value is -2.90. The molecule has 0 radical (unpaired) electrons. The highest BCUT2D eigenvalue weighted by Crippen LogP contribution is 2.43. The van der Waals surface area contributed by atoms with E-state index in [9.17, 15) is 18.4 Å². The average Bonchev–Trinajstić information content (AvgIpc) is 3.51. The van der Waals surface area contributed by atoms with Crippen molar-refractivity contribution in [2.75, 3.05) is 5.32 Å². The van der Waals surface area contributed by atoms with Crippen LogP contribution in [0.25, 0.3) is 0 Å². The van der Waals surface area contributed by atoms with E-state index in [2.05, 4.69) is 20.6 Å². The molecule has 0 aliphatic heterocycles. The van der Waals surface area contributed by atoms with Crippen LogP contribution >= 0.6 is 0 Å². The smallest absolute Gasteiger partial charge is 0.313 e. The predicted octanol–water partition coefficient (Wildman–Crippen LogP) is 2.24. The molecule has 0 saturated heterocycles. The molecule has 0 bridgehead atoms. The highest BCUT2D eigenvalue weighted by atomic mass is 19.1. The zero-order valence-electron chi connectivity index (χ0n) is 13.7. The Kier molecular flexibility index (Phi) is 4.10. The van der Waals surface area contributed by atoms with Crippen LogP contribution in [-0.2, 0) is 9.59 Å². The lowest BCUT2D eigenvalue weighted by atomic mass is 10.1. The Morgan fingerprint density at radius 1 is 1.04 bits per heavy atom. The maximum Gasteiger partial charge on any atom is 0.313 e. The molecule has 2 N–H and O–H groups in total. The van der Waals surface area contributed by atoms with Crippen molar-refractivity contribution in [1.82, 2.24) is 15.3 Å². The first kappa shape index (κ1) is 16.6. The number of carbonyl (C=O) groups is 2. The number of hydrogen-bond donors (Lipinski definition) is 2. The number of rotatable bonds is 4. The van der Waals surface area contributed by atoms with Gasteiger partial charge in [-0.2, -0.15) is 0 Å². The van der Waals surface area contributed by atoms with Crippen LogP contribution in [0.3, 0.4) is 0 Å². The molecule has 2 aliphatic rings. The van der Waals surface area contributed by atoms with Gasteiger partial charge in [0.05, 0.1) is 18.1 Å². The molecule has 2 fully saturated rings. The number of nitrogens with zero attached hydrogens (tertiary/aromatic N) is 2. The Morgan fingerprint density at radius 3 is 2.31 bits per heavy atom. The van der Waals surface area contributed by atoms with Gasteiger partial charge >= 0.3 is 11.8 Å². The standard InChI is InChI=1S/C18H16F2N4O2/c19-12-2-1-3-13(20)15(12)11-6-14(11)24-18(26)17(25)23-10-7-21-16(22-8-10)9-4-5-9/h1-3,7-9,11,14H,4-6H2,(H,23,25)(H,24,26). The first-order valence-corrected chi connectivity index (χ1v) is 8.40. The lowest BCUT2D eigenvalue weighted by Gasteiger charge is -2.07. The minimum atomic E-state index is -0.868. The summed E-state index contributed by atoms with van der Waals surface area (Å²) in [6, 6.07) is 3.17. The van der Waals surface area contributed by atoms with E-state index in [4.69, 9.17) is 0 Å². The van der Waals surface area contributed by atoms with Crippen molar-refractivity contribution in [2.24, 2.45) is 0 Å². The molecular formula is C18H16F2N4O2. The monoisotopic (exact) mass is 358 g/mol. The molecule has 0 spiro atoms. The molecule has 1 aromatic carbocycles. The van der Waals surface area contributed by atoms with Crippen molar-refractivity contribution in [3.63, 3.8) is 0 Å². The molecular weight excluding hydrogens is 342 g/mol. The number of hydrogen-bond acceptors (Lipinski definition) is 4. The van der Waals surface area contributed by atoms with Gasteiger partial charge in [-0.3, -0.25) is 9.59 Å². The van der Waals surface area contributed by atoms with Crippen LogP contribution in [0.1, 0.15) is 42.5 Å². The van der Waals surface area contributed by atoms with E-state index in [0.29, 0.717) is 18.0 Å². The number of halogens is 2. The van der Waals surface area contributed by atoms with Crippen LogP contribution in [-0.4, -0.2) is 27.8 Å². The first-order chi connectivity index (χ1) is 12.5. The summed E-state index contributed by atoms with van der Waals surface area (Å²) in [7, 11) is 0. The number of anilines is 1. The van der Waals surface area contributed by atoms with Gasteiger partial charge in [0.25, 0.3) is 0 Å². The Balaban J connectivity index is 1.33. The van der Waals surface area contributed by atoms with Gasteiger partial charge in [-0.25, -0.2) is 18.7 Å². The van der Waals surface area contributed by atoms with Crippen LogP contribution in [0.15, 0.2) is 30.6 Å². The van der Waals surface area contributed by atoms with Gasteiger partial charge in [-0.05, 0) is 31.4 Å². The molecule has 2 unspecified atom stereocenters. The average molecular weight is 358 g/mol. The third kappa shape index (κ3) is 3.40. The summed E-state index contributed by atoms with van der Waals surface area (Å²) in [5, 5.41) is 4.91. The number of carbonyl (C=O) groups excluding carboxylic acids is 2. The summed E-state index contributed by atoms with van der Waals surface area (Å²) in [6.45, 7) is 0. The maximum absolute atomic E-state index is 13.7. The highest BCUT2D eigenvalue weighted by Gasteiger charge is 2.43. The van der Waals surface area contributed by atoms with E-state index >= 15 is 0 Å². The van der Waals surface area contributed by atoms with Crippen molar-refractivity contribution in [1.29, 1.82) is 0 Å². The van der Waals surface area contributed by atoms with Crippen LogP contribution < -0.4 is 10.6 Å². The summed E-state index contributed by atoms with van der Waals surface area (Å²) in [4.78, 5) is 32.2. The molecule has 4 rings (SSSR count). The number of aromatic nitrogens is 2. The van der Waals surface area contributed by atoms with Crippen LogP contribution in [0, 0.1) is 11.6 Å². The lowest BCUT2D eigenvalue weighted by Crippen LogP contribution is -2.37. The molecule has 134 valence electrons. The molecule has 1 aromatic heterocycles. The van der Waals surface area contributed by atoms with Gasteiger partial charge in [-0.1, -0.05) is 6.07 Å². The van der Waals surface area contributed by atoms with Gasteiger partial charge in [0.1, 0.15) is 17.5 Å². The predicted molar refractivity (Wildman–Crippen MR) is 88.3 cm³/mol. The third-order valence-electron chi connectivity index (χ3n) is 4.56. The van der Waals surface area contributed by atoms with Crippen molar-refractivity contribution < 1.29 is 18.4 Å². The number of nitrogens with one attached hydrogen (secondary N) is 2. The van der Waals surface area contributed by atoms with Gasteiger partial charge in [0, 0.05) is 23.4 Å². The van der Waals surface area contributed by atoms with Gasteiger partial charge in [0.15, 0.2) is 0 Å². The van der Waals surface area contributed by atoms with E-state index in [-0.39, 0.29) is 5.56 Å². The fraction of sp³-hybridized carbons (Fsp3) is 0.333. The molecule has 2 atom stereocenters. The first-order valence-electron chi connectivity index (χ1n) is 8.40. The zero-order valence-corrected chi connectivity index (χ0v) is 13.7. The largest absolute Gasteiger partial charge is 0.344 e. The second-order valence-corrected chi connectivity index (χ2v) is 6.62. The second kappa shape index (κ2) is 6.44. The summed E-state index contributed by atoms with van der Waals surface area (Å²) in [6.07, 6.45) is 5.44. The number of benzene rings is 1. The van der Waals surface area contributed by atoms with Crippen LogP contribution in [0.4, 0.5) is 14.5 Å². The van der Waals surface area contributed by atoms with Crippen molar-refractivity contribution in [2.45, 2.75) is 37.1 Å². The molecule has 8 heteroatoms. The highest BCUT2D eigenvalue weighted by molar-refractivity contribution is 6.39. The van der Waals surface area contributed by atoms with Gasteiger partial charge < -0.3 is 10.6 Å². The SMILES string of the molecule is O=C(Nc1cnc(C2CC2)nc1)C(=O)NC1CC1c1c(F)cccc1F. The van der Waals surface area contributed by atoms with Crippen molar-refractivity contribution >= 4 is 17.5 Å². The minimum absolute atomic E-state index is 0.0535. The summed E-state index contributed by atoms with van der Waals surface area (Å²) in [5.74, 6) is -2.36. The normalized spacial score (nSPS) is 21.2. The minimum Gasteiger partial charge on any atom is -0.344 e. The summed E-state index contributed by atoms with van der Waals surface area (Å²) >= 11 is 0. The molecule has 2 aromatic rings. The molecule has 2 saturated carbocycles. The molecule has 2 amide bonds. The molecule has 6 nitrogen and oxygen atoms in total. The fourth-order valence-electron chi connectivity index (χ4n) is 2.92. The Morgan fingerprint density at radius 2 is 1.69 bits per heavy atom. The topological polar surface area (TPSA) is 84.0 Å². The van der Waals surface area contributed by atoms with Gasteiger partial charge in [0.2, 0.25) is 0 Å². The number of amides is 2. The van der Waals surface area contributed by atoms with E-state index in [1.54, 1.807) is 0 Å². The molecule has 26 heavy (non-hydrogen) atoms. The zero-order chi connectivity index (χ0) is 18.3. The Bertz CT molecular complexity index is 848. The molecule has 2 aliphatic carbocycles. The third-order valence-corrected chi connectivity index (χ3v) is 4.56. The van der Waals surface area contributed by atoms with E-state index < -0.39 is 35.4 Å². The summed E-state index contributed by atoms with van der Waals surface area (Å²) < 4.78 is 27.5. The molecule has 1 heterocycles.